The molecular formula is C22H14Cl2N4O6. The zero-order chi connectivity index (χ0) is 24.6. The Morgan fingerprint density at radius 3 is 2.38 bits per heavy atom. The number of nitro groups is 1. The first-order chi connectivity index (χ1) is 16.2. The number of rotatable bonds is 5. The minimum Gasteiger partial charge on any atom is -0.506 e. The number of para-hydroxylation sites is 2. The molecule has 0 aliphatic carbocycles. The van der Waals surface area contributed by atoms with E-state index in [2.05, 4.69) is 4.99 Å². The number of nitro benzene ring substituents is 1. The van der Waals surface area contributed by atoms with E-state index in [1.807, 2.05) is 0 Å². The van der Waals surface area contributed by atoms with Crippen molar-refractivity contribution in [2.45, 2.75) is 6.54 Å². The fourth-order valence-electron chi connectivity index (χ4n) is 3.53. The van der Waals surface area contributed by atoms with Crippen molar-refractivity contribution in [2.24, 2.45) is 4.99 Å². The summed E-state index contributed by atoms with van der Waals surface area (Å²) in [5.74, 6) is -2.38. The molecule has 0 radical (unpaired) electrons. The number of benzene rings is 2. The number of fused-ring (bicyclic) bond motifs is 1. The molecule has 4 rings (SSSR count). The monoisotopic (exact) mass is 500 g/mol. The molecular weight excluding hydrogens is 487 g/mol. The number of hydrogen-bond acceptors (Lipinski definition) is 6. The molecule has 0 bridgehead atoms. The van der Waals surface area contributed by atoms with E-state index < -0.39 is 16.6 Å². The molecule has 0 saturated carbocycles. The second-order valence-electron chi connectivity index (χ2n) is 7.16. The third-order valence-corrected chi connectivity index (χ3v) is 5.56. The maximum Gasteiger partial charge on any atom is 0.318 e. The highest BCUT2D eigenvalue weighted by Gasteiger charge is 2.24. The van der Waals surface area contributed by atoms with Crippen molar-refractivity contribution in [1.82, 2.24) is 9.30 Å². The molecule has 4 aromatic rings. The van der Waals surface area contributed by atoms with Crippen LogP contribution >= 0.6 is 23.2 Å². The van der Waals surface area contributed by atoms with Gasteiger partial charge in [0.1, 0.15) is 11.1 Å². The van der Waals surface area contributed by atoms with Gasteiger partial charge in [0.2, 0.25) is 0 Å². The number of phenols is 1. The zero-order valence-electron chi connectivity index (χ0n) is 17.1. The third kappa shape index (κ3) is 4.24. The van der Waals surface area contributed by atoms with E-state index in [-0.39, 0.29) is 49.9 Å². The number of ketones is 1. The Morgan fingerprint density at radius 2 is 1.71 bits per heavy atom. The van der Waals surface area contributed by atoms with Crippen molar-refractivity contribution in [3.63, 3.8) is 0 Å². The Morgan fingerprint density at radius 1 is 1.03 bits per heavy atom. The number of aromatic hydroxyl groups is 1. The van der Waals surface area contributed by atoms with Crippen LogP contribution < -0.4 is 5.36 Å². The van der Waals surface area contributed by atoms with E-state index in [1.165, 1.54) is 41.1 Å². The van der Waals surface area contributed by atoms with Gasteiger partial charge in [-0.25, -0.2) is 4.99 Å². The van der Waals surface area contributed by atoms with Gasteiger partial charge < -0.3 is 14.9 Å². The molecule has 0 spiro atoms. The van der Waals surface area contributed by atoms with E-state index in [4.69, 9.17) is 23.2 Å². The predicted molar refractivity (Wildman–Crippen MR) is 122 cm³/mol. The molecule has 1 amide bonds. The summed E-state index contributed by atoms with van der Waals surface area (Å²) in [7, 11) is 0. The number of carbonyl (C=O) groups excluding carboxylic acids is 2. The fraction of sp³-hybridized carbons (Fsp3) is 0.0455. The molecule has 2 N–H and O–H groups in total. The van der Waals surface area contributed by atoms with Crippen molar-refractivity contribution in [3.8, 4) is 5.75 Å². The average Bonchev–Trinajstić information content (AvgIpc) is 3.15. The SMILES string of the molecule is O=C(N=c1c(Cl)cn(O)cc1Cl)C(=O)c1cn(Cc2ccccc2[N+](=O)[O-])c2c(O)cccc12. The van der Waals surface area contributed by atoms with E-state index in [1.54, 1.807) is 12.1 Å². The summed E-state index contributed by atoms with van der Waals surface area (Å²) < 4.78 is 2.03. The van der Waals surface area contributed by atoms with Crippen molar-refractivity contribution in [2.75, 3.05) is 0 Å². The molecule has 0 atom stereocenters. The Kier molecular flexibility index (Phi) is 6.10. The fourth-order valence-corrected chi connectivity index (χ4v) is 4.07. The highest BCUT2D eigenvalue weighted by Crippen LogP contribution is 2.31. The largest absolute Gasteiger partial charge is 0.506 e. The minimum atomic E-state index is -1.19. The van der Waals surface area contributed by atoms with Crippen LogP contribution in [0.3, 0.4) is 0 Å². The smallest absolute Gasteiger partial charge is 0.318 e. The Labute approximate surface area is 200 Å². The second-order valence-corrected chi connectivity index (χ2v) is 7.97. The number of halogens is 2. The van der Waals surface area contributed by atoms with Gasteiger partial charge in [-0.1, -0.05) is 53.5 Å². The highest BCUT2D eigenvalue weighted by atomic mass is 35.5. The molecule has 172 valence electrons. The molecule has 0 aliphatic rings. The maximum absolute atomic E-state index is 13.0. The highest BCUT2D eigenvalue weighted by molar-refractivity contribution is 6.45. The lowest BCUT2D eigenvalue weighted by Gasteiger charge is -2.07. The number of nitrogens with zero attached hydrogens (tertiary/aromatic N) is 4. The van der Waals surface area contributed by atoms with Crippen molar-refractivity contribution >= 4 is 51.5 Å². The quantitative estimate of drug-likeness (QED) is 0.140. The molecule has 12 heteroatoms. The van der Waals surface area contributed by atoms with Crippen molar-refractivity contribution in [3.05, 3.63) is 97.7 Å². The summed E-state index contributed by atoms with van der Waals surface area (Å²) in [6.07, 6.45) is 3.41. The third-order valence-electron chi connectivity index (χ3n) is 5.00. The van der Waals surface area contributed by atoms with Crippen molar-refractivity contribution in [1.29, 1.82) is 0 Å². The number of carbonyl (C=O) groups is 2. The molecule has 10 nitrogen and oxygen atoms in total. The number of amides is 1. The van der Waals surface area contributed by atoms with Crippen LogP contribution in [-0.2, 0) is 11.3 Å². The normalized spacial score (nSPS) is 10.9. The van der Waals surface area contributed by atoms with E-state index in [0.29, 0.717) is 10.3 Å². The summed E-state index contributed by atoms with van der Waals surface area (Å²) in [6.45, 7) is -0.0450. The van der Waals surface area contributed by atoms with Gasteiger partial charge in [-0.3, -0.25) is 19.7 Å². The van der Waals surface area contributed by atoms with Gasteiger partial charge in [-0.15, -0.1) is 0 Å². The number of Topliss-reactive ketones (excluding diaryl/α,β-unsaturated/α-hetero) is 1. The van der Waals surface area contributed by atoms with Crippen LogP contribution in [0.4, 0.5) is 5.69 Å². The van der Waals surface area contributed by atoms with Crippen LogP contribution in [-0.4, -0.2) is 36.2 Å². The average molecular weight is 501 g/mol. The molecule has 2 aromatic carbocycles. The van der Waals surface area contributed by atoms with Gasteiger partial charge in [0.25, 0.3) is 11.5 Å². The summed E-state index contributed by atoms with van der Waals surface area (Å²) >= 11 is 11.9. The molecule has 0 saturated heterocycles. The van der Waals surface area contributed by atoms with Gasteiger partial charge >= 0.3 is 5.91 Å². The summed E-state index contributed by atoms with van der Waals surface area (Å²) in [5, 5.41) is 31.0. The van der Waals surface area contributed by atoms with Crippen LogP contribution in [0.5, 0.6) is 5.75 Å². The van der Waals surface area contributed by atoms with E-state index >= 15 is 0 Å². The van der Waals surface area contributed by atoms with Gasteiger partial charge in [-0.2, -0.15) is 4.73 Å². The minimum absolute atomic E-state index is 0.0450. The van der Waals surface area contributed by atoms with E-state index in [9.17, 15) is 30.0 Å². The lowest BCUT2D eigenvalue weighted by atomic mass is 10.1. The van der Waals surface area contributed by atoms with Crippen LogP contribution in [0.15, 0.2) is 66.0 Å². The maximum atomic E-state index is 13.0. The topological polar surface area (TPSA) is 140 Å². The molecule has 0 unspecified atom stereocenters. The molecule has 2 heterocycles. The van der Waals surface area contributed by atoms with Gasteiger partial charge in [0, 0.05) is 23.2 Å². The zero-order valence-corrected chi connectivity index (χ0v) is 18.6. The first-order valence-corrected chi connectivity index (χ1v) is 10.4. The lowest BCUT2D eigenvalue weighted by Crippen LogP contribution is -2.18. The number of pyridine rings is 1. The van der Waals surface area contributed by atoms with Crippen LogP contribution in [0.25, 0.3) is 10.9 Å². The number of aromatic nitrogens is 2. The Balaban J connectivity index is 1.81. The number of phenolic OH excluding ortho intramolecular Hbond substituents is 1. The molecule has 0 aliphatic heterocycles. The van der Waals surface area contributed by atoms with Gasteiger partial charge in [0.15, 0.2) is 0 Å². The predicted octanol–water partition coefficient (Wildman–Crippen LogP) is 3.96. The lowest BCUT2D eigenvalue weighted by molar-refractivity contribution is -0.385. The molecule has 0 fully saturated rings. The van der Waals surface area contributed by atoms with Gasteiger partial charge in [0.05, 0.1) is 45.0 Å². The molecule has 34 heavy (non-hydrogen) atoms. The van der Waals surface area contributed by atoms with Crippen molar-refractivity contribution < 1.29 is 24.8 Å². The Hall–Kier alpha value is -4.15. The first-order valence-electron chi connectivity index (χ1n) is 9.60. The standard InChI is InChI=1S/C22H14Cl2N4O6/c23-15-10-27(32)11-16(24)19(15)25-22(31)21(30)14-9-26(20-13(14)5-3-7-18(20)29)8-12-4-1-2-6-17(12)28(33)34/h1-7,9-11,29,32H,8H2. The molecule has 2 aromatic heterocycles. The van der Waals surface area contributed by atoms with Crippen LogP contribution in [0.2, 0.25) is 10.0 Å². The van der Waals surface area contributed by atoms with Crippen LogP contribution in [0.1, 0.15) is 15.9 Å². The summed E-state index contributed by atoms with van der Waals surface area (Å²) in [5.41, 5.74) is 0.351. The first kappa shape index (κ1) is 23.0. The second kappa shape index (κ2) is 9.00. The van der Waals surface area contributed by atoms with Gasteiger partial charge in [-0.05, 0) is 6.07 Å². The van der Waals surface area contributed by atoms with E-state index in [0.717, 1.165) is 12.4 Å². The Bertz CT molecular complexity index is 1530. The number of hydrogen-bond donors (Lipinski definition) is 2. The van der Waals surface area contributed by atoms with Crippen LogP contribution in [0, 0.1) is 10.1 Å². The summed E-state index contributed by atoms with van der Waals surface area (Å²) in [4.78, 5) is 40.3. The summed E-state index contributed by atoms with van der Waals surface area (Å²) in [6, 6.07) is 10.5.